The van der Waals surface area contributed by atoms with Gasteiger partial charge >= 0.3 is 13.2 Å². The molecular formula is C19H24BN3O5. The summed E-state index contributed by atoms with van der Waals surface area (Å²) in [6.07, 6.45) is 0.138. The number of amides is 2. The van der Waals surface area contributed by atoms with Crippen molar-refractivity contribution in [1.82, 2.24) is 10.2 Å². The Morgan fingerprint density at radius 1 is 1.43 bits per heavy atom. The highest BCUT2D eigenvalue weighted by Crippen LogP contribution is 2.18. The first kappa shape index (κ1) is 21.5. The molecule has 2 amide bonds. The molecule has 1 fully saturated rings. The highest BCUT2D eigenvalue weighted by atomic mass is 16.5. The Morgan fingerprint density at radius 2 is 2.11 bits per heavy atom. The van der Waals surface area contributed by atoms with Crippen molar-refractivity contribution >= 4 is 19.1 Å². The van der Waals surface area contributed by atoms with Crippen LogP contribution in [0.25, 0.3) is 0 Å². The van der Waals surface area contributed by atoms with Gasteiger partial charge in [-0.1, -0.05) is 36.4 Å². The van der Waals surface area contributed by atoms with Gasteiger partial charge in [-0.15, -0.1) is 0 Å². The average molecular weight is 385 g/mol. The van der Waals surface area contributed by atoms with E-state index < -0.39 is 25.1 Å². The van der Waals surface area contributed by atoms with Crippen molar-refractivity contribution in [3.05, 3.63) is 47.5 Å². The lowest BCUT2D eigenvalue weighted by atomic mass is 9.76. The van der Waals surface area contributed by atoms with Crippen LogP contribution in [0.15, 0.2) is 36.4 Å². The van der Waals surface area contributed by atoms with Crippen LogP contribution in [0.3, 0.4) is 0 Å². The van der Waals surface area contributed by atoms with Crippen LogP contribution in [0.1, 0.15) is 17.5 Å². The van der Waals surface area contributed by atoms with E-state index in [4.69, 9.17) is 10.00 Å². The number of hydrogen-bond acceptors (Lipinski definition) is 6. The van der Waals surface area contributed by atoms with Crippen LogP contribution in [-0.2, 0) is 16.0 Å². The smallest absolute Gasteiger partial charge is 0.449 e. The SMILES string of the molecule is C=C(C#N)C(=O)N1CC[C@H](COC(=O)N[C@@H](Cc2ccc(C)cc2)B(O)O)C1. The summed E-state index contributed by atoms with van der Waals surface area (Å²) < 4.78 is 5.18. The van der Waals surface area contributed by atoms with E-state index in [-0.39, 0.29) is 24.5 Å². The quantitative estimate of drug-likeness (QED) is 0.358. The van der Waals surface area contributed by atoms with E-state index in [9.17, 15) is 19.6 Å². The van der Waals surface area contributed by atoms with Crippen LogP contribution < -0.4 is 5.32 Å². The van der Waals surface area contributed by atoms with Crippen LogP contribution in [0.2, 0.25) is 0 Å². The second-order valence-electron chi connectivity index (χ2n) is 6.95. The van der Waals surface area contributed by atoms with Crippen molar-refractivity contribution in [2.75, 3.05) is 19.7 Å². The van der Waals surface area contributed by atoms with Gasteiger partial charge in [-0.05, 0) is 25.3 Å². The molecule has 1 heterocycles. The predicted molar refractivity (Wildman–Crippen MR) is 103 cm³/mol. The summed E-state index contributed by atoms with van der Waals surface area (Å²) in [7, 11) is -1.73. The zero-order valence-electron chi connectivity index (χ0n) is 15.8. The number of carbonyl (C=O) groups is 2. The number of rotatable bonds is 7. The monoisotopic (exact) mass is 385 g/mol. The fourth-order valence-electron chi connectivity index (χ4n) is 2.99. The number of aryl methyl sites for hydroxylation is 1. The predicted octanol–water partition coefficient (Wildman–Crippen LogP) is 0.573. The molecule has 1 aliphatic rings. The third-order valence-corrected chi connectivity index (χ3v) is 4.66. The minimum atomic E-state index is -1.73. The standard InChI is InChI=1S/C19H24BN3O5/c1-13-3-5-15(6-4-13)9-17(20(26)27)22-19(25)28-12-16-7-8-23(11-16)18(24)14(2)10-21/h3-6,16-17,26-27H,2,7-9,11-12H2,1H3,(H,22,25)/t16-,17-/m0/s1. The Morgan fingerprint density at radius 3 is 2.71 bits per heavy atom. The van der Waals surface area contributed by atoms with E-state index >= 15 is 0 Å². The van der Waals surface area contributed by atoms with Crippen molar-refractivity contribution in [2.45, 2.75) is 25.7 Å². The molecule has 0 bridgehead atoms. The van der Waals surface area contributed by atoms with Crippen molar-refractivity contribution < 1.29 is 24.4 Å². The van der Waals surface area contributed by atoms with Gasteiger partial charge in [0.05, 0.1) is 12.5 Å². The van der Waals surface area contributed by atoms with E-state index in [0.717, 1.165) is 11.1 Å². The van der Waals surface area contributed by atoms with Gasteiger partial charge in [0.2, 0.25) is 0 Å². The van der Waals surface area contributed by atoms with E-state index in [2.05, 4.69) is 11.9 Å². The summed E-state index contributed by atoms with van der Waals surface area (Å²) in [6, 6.07) is 9.26. The van der Waals surface area contributed by atoms with Crippen molar-refractivity contribution in [3.8, 4) is 6.07 Å². The second kappa shape index (κ2) is 9.92. The first-order valence-electron chi connectivity index (χ1n) is 9.03. The molecule has 1 aliphatic heterocycles. The summed E-state index contributed by atoms with van der Waals surface area (Å²) in [5.41, 5.74) is 1.82. The van der Waals surface area contributed by atoms with E-state index in [0.29, 0.717) is 19.5 Å². The van der Waals surface area contributed by atoms with E-state index in [1.807, 2.05) is 31.2 Å². The molecule has 2 atom stereocenters. The van der Waals surface area contributed by atoms with Gasteiger partial charge in [-0.25, -0.2) is 4.79 Å². The largest absolute Gasteiger partial charge is 0.475 e. The maximum absolute atomic E-state index is 12.0. The van der Waals surface area contributed by atoms with Crippen LogP contribution in [-0.4, -0.2) is 59.7 Å². The third kappa shape index (κ3) is 6.11. The van der Waals surface area contributed by atoms with Crippen molar-refractivity contribution in [2.24, 2.45) is 5.92 Å². The van der Waals surface area contributed by atoms with Gasteiger partial charge in [0.1, 0.15) is 11.6 Å². The highest BCUT2D eigenvalue weighted by molar-refractivity contribution is 6.43. The number of nitriles is 1. The number of carbonyl (C=O) groups excluding carboxylic acids is 2. The molecule has 9 heteroatoms. The molecule has 28 heavy (non-hydrogen) atoms. The normalized spacial score (nSPS) is 16.8. The number of alkyl carbamates (subject to hydrolysis) is 1. The van der Waals surface area contributed by atoms with Gasteiger partial charge in [-0.3, -0.25) is 4.79 Å². The number of ether oxygens (including phenoxy) is 1. The maximum atomic E-state index is 12.0. The molecule has 0 radical (unpaired) electrons. The summed E-state index contributed by atoms with van der Waals surface area (Å²) in [4.78, 5) is 25.4. The third-order valence-electron chi connectivity index (χ3n) is 4.66. The first-order chi connectivity index (χ1) is 13.3. The molecule has 2 rings (SSSR count). The topological polar surface area (TPSA) is 123 Å². The van der Waals surface area contributed by atoms with Gasteiger partial charge in [0.25, 0.3) is 5.91 Å². The Balaban J connectivity index is 1.80. The fourth-order valence-corrected chi connectivity index (χ4v) is 2.99. The van der Waals surface area contributed by atoms with Crippen LogP contribution in [0.4, 0.5) is 4.79 Å². The van der Waals surface area contributed by atoms with Gasteiger partial charge < -0.3 is 25.0 Å². The zero-order chi connectivity index (χ0) is 20.7. The number of nitrogens with one attached hydrogen (secondary N) is 1. The highest BCUT2D eigenvalue weighted by Gasteiger charge is 2.30. The number of nitrogens with zero attached hydrogens (tertiary/aromatic N) is 2. The molecule has 8 nitrogen and oxygen atoms in total. The molecular weight excluding hydrogens is 361 g/mol. The van der Waals surface area contributed by atoms with Crippen LogP contribution >= 0.6 is 0 Å². The molecule has 148 valence electrons. The summed E-state index contributed by atoms with van der Waals surface area (Å²) >= 11 is 0. The molecule has 0 aromatic heterocycles. The zero-order valence-corrected chi connectivity index (χ0v) is 15.8. The summed E-state index contributed by atoms with van der Waals surface area (Å²) in [5, 5.41) is 30.3. The Kier molecular flexibility index (Phi) is 7.61. The lowest BCUT2D eigenvalue weighted by Gasteiger charge is -2.19. The van der Waals surface area contributed by atoms with Gasteiger partial charge in [-0.2, -0.15) is 5.26 Å². The molecule has 3 N–H and O–H groups in total. The molecule has 1 saturated heterocycles. The van der Waals surface area contributed by atoms with Gasteiger partial charge in [0.15, 0.2) is 0 Å². The van der Waals surface area contributed by atoms with Crippen molar-refractivity contribution in [1.29, 1.82) is 5.26 Å². The maximum Gasteiger partial charge on any atom is 0.475 e. The minimum Gasteiger partial charge on any atom is -0.449 e. The van der Waals surface area contributed by atoms with Crippen LogP contribution in [0.5, 0.6) is 0 Å². The van der Waals surface area contributed by atoms with E-state index in [1.54, 1.807) is 6.07 Å². The molecule has 0 aliphatic carbocycles. The van der Waals surface area contributed by atoms with E-state index in [1.165, 1.54) is 4.90 Å². The Hall–Kier alpha value is -2.83. The Bertz CT molecular complexity index is 760. The summed E-state index contributed by atoms with van der Waals surface area (Å²) in [6.45, 7) is 6.30. The molecule has 0 unspecified atom stereocenters. The second-order valence-corrected chi connectivity index (χ2v) is 6.95. The lowest BCUT2D eigenvalue weighted by Crippen LogP contribution is -2.48. The molecule has 0 saturated carbocycles. The molecule has 1 aromatic rings. The first-order valence-corrected chi connectivity index (χ1v) is 9.03. The molecule has 1 aromatic carbocycles. The minimum absolute atomic E-state index is 0.0456. The number of hydrogen-bond donors (Lipinski definition) is 3. The molecule has 0 spiro atoms. The number of benzene rings is 1. The Labute approximate surface area is 164 Å². The summed E-state index contributed by atoms with van der Waals surface area (Å²) in [5.74, 6) is -1.36. The van der Waals surface area contributed by atoms with Crippen LogP contribution in [0, 0.1) is 24.2 Å². The fraction of sp³-hybridized carbons (Fsp3) is 0.421. The van der Waals surface area contributed by atoms with Gasteiger partial charge in [0, 0.05) is 19.0 Å². The average Bonchev–Trinajstić information content (AvgIpc) is 3.15. The van der Waals surface area contributed by atoms with Crippen molar-refractivity contribution in [3.63, 3.8) is 0 Å². The lowest BCUT2D eigenvalue weighted by molar-refractivity contribution is -0.125. The number of likely N-dealkylation sites (tertiary alicyclic amines) is 1.